The van der Waals surface area contributed by atoms with E-state index in [9.17, 15) is 14.3 Å². The number of hydrogen-bond acceptors (Lipinski definition) is 4. The summed E-state index contributed by atoms with van der Waals surface area (Å²) in [5.74, 6) is -0.445. The molecule has 108 valence electrons. The average Bonchev–Trinajstić information content (AvgIpc) is 2.72. The second-order valence-corrected chi connectivity index (χ2v) is 5.75. The Morgan fingerprint density at radius 2 is 2.10 bits per heavy atom. The Kier molecular flexibility index (Phi) is 4.29. The maximum atomic E-state index is 14.0. The van der Waals surface area contributed by atoms with E-state index in [-0.39, 0.29) is 11.7 Å². The Balaban J connectivity index is 2.34. The van der Waals surface area contributed by atoms with E-state index in [0.29, 0.717) is 15.6 Å². The van der Waals surface area contributed by atoms with Gasteiger partial charge in [-0.05, 0) is 50.2 Å². The Morgan fingerprint density at radius 1 is 1.40 bits per heavy atom. The molecule has 1 aromatic heterocycles. The first-order chi connectivity index (χ1) is 9.40. The quantitative estimate of drug-likeness (QED) is 0.909. The average molecular weight is 297 g/mol. The van der Waals surface area contributed by atoms with Crippen LogP contribution in [0.15, 0.2) is 33.0 Å². The zero-order valence-electron chi connectivity index (χ0n) is 11.4. The van der Waals surface area contributed by atoms with Crippen LogP contribution in [-0.4, -0.2) is 19.9 Å². The van der Waals surface area contributed by atoms with Gasteiger partial charge in [0.2, 0.25) is 0 Å². The largest absolute Gasteiger partial charge is 0.389 e. The standard InChI is InChI=1S/C13H16FN3O2S/c1-7(2)17-12(19)15-16-13(17)20-11-5-4-9(8(3)18)6-10(11)14/h4-8,18H,1-3H3,(H,15,19). The van der Waals surface area contributed by atoms with Gasteiger partial charge >= 0.3 is 5.69 Å². The Morgan fingerprint density at radius 3 is 2.65 bits per heavy atom. The lowest BCUT2D eigenvalue weighted by Gasteiger charge is -2.10. The highest BCUT2D eigenvalue weighted by atomic mass is 32.2. The molecule has 7 heteroatoms. The predicted molar refractivity (Wildman–Crippen MR) is 74.4 cm³/mol. The zero-order chi connectivity index (χ0) is 14.9. The van der Waals surface area contributed by atoms with Crippen LogP contribution in [0.5, 0.6) is 0 Å². The second-order valence-electron chi connectivity index (χ2n) is 4.74. The van der Waals surface area contributed by atoms with Gasteiger partial charge in [-0.15, -0.1) is 5.10 Å². The maximum Gasteiger partial charge on any atom is 0.344 e. The van der Waals surface area contributed by atoms with Crippen molar-refractivity contribution < 1.29 is 9.50 Å². The van der Waals surface area contributed by atoms with Gasteiger partial charge in [-0.3, -0.25) is 4.57 Å². The van der Waals surface area contributed by atoms with Crippen LogP contribution >= 0.6 is 11.8 Å². The summed E-state index contributed by atoms with van der Waals surface area (Å²) >= 11 is 1.07. The van der Waals surface area contributed by atoms with E-state index in [2.05, 4.69) is 10.2 Å². The van der Waals surface area contributed by atoms with Crippen LogP contribution in [0.1, 0.15) is 38.5 Å². The summed E-state index contributed by atoms with van der Waals surface area (Å²) in [6.45, 7) is 5.29. The van der Waals surface area contributed by atoms with Gasteiger partial charge in [0.1, 0.15) is 5.82 Å². The van der Waals surface area contributed by atoms with Gasteiger partial charge in [0.05, 0.1) is 11.0 Å². The fraction of sp³-hybridized carbons (Fsp3) is 0.385. The van der Waals surface area contributed by atoms with E-state index in [1.165, 1.54) is 10.6 Å². The highest BCUT2D eigenvalue weighted by molar-refractivity contribution is 7.99. The molecule has 1 aromatic carbocycles. The number of aromatic amines is 1. The number of nitrogens with zero attached hydrogens (tertiary/aromatic N) is 2. The first kappa shape index (κ1) is 14.8. The molecule has 0 radical (unpaired) electrons. The Bertz CT molecular complexity index is 664. The van der Waals surface area contributed by atoms with E-state index < -0.39 is 11.9 Å². The number of benzene rings is 1. The summed E-state index contributed by atoms with van der Waals surface area (Å²) in [6, 6.07) is 4.45. The molecule has 0 bridgehead atoms. The molecule has 1 unspecified atom stereocenters. The van der Waals surface area contributed by atoms with Crippen LogP contribution in [0.25, 0.3) is 0 Å². The third-order valence-electron chi connectivity index (χ3n) is 2.83. The number of H-pyrrole nitrogens is 1. The molecule has 0 fully saturated rings. The van der Waals surface area contributed by atoms with Crippen LogP contribution in [0.2, 0.25) is 0 Å². The summed E-state index contributed by atoms with van der Waals surface area (Å²) < 4.78 is 15.4. The molecule has 1 heterocycles. The second kappa shape index (κ2) is 5.80. The van der Waals surface area contributed by atoms with Crippen LogP contribution < -0.4 is 5.69 Å². The number of halogens is 1. The smallest absolute Gasteiger partial charge is 0.344 e. The molecular formula is C13H16FN3O2S. The molecule has 0 amide bonds. The van der Waals surface area contributed by atoms with Crippen molar-refractivity contribution in [1.29, 1.82) is 0 Å². The summed E-state index contributed by atoms with van der Waals surface area (Å²) in [4.78, 5) is 12.0. The third kappa shape index (κ3) is 2.94. The van der Waals surface area contributed by atoms with Gasteiger partial charge in [-0.25, -0.2) is 14.3 Å². The van der Waals surface area contributed by atoms with Gasteiger partial charge in [0.15, 0.2) is 5.16 Å². The first-order valence-corrected chi connectivity index (χ1v) is 7.04. The van der Waals surface area contributed by atoms with Crippen molar-refractivity contribution in [2.75, 3.05) is 0 Å². The Hall–Kier alpha value is -1.60. The van der Waals surface area contributed by atoms with Crippen molar-refractivity contribution in [3.05, 3.63) is 40.1 Å². The molecule has 0 aliphatic heterocycles. The molecule has 0 spiro atoms. The fourth-order valence-electron chi connectivity index (χ4n) is 1.78. The number of nitrogens with one attached hydrogen (secondary N) is 1. The molecular weight excluding hydrogens is 281 g/mol. The summed E-state index contributed by atoms with van der Waals surface area (Å²) in [5, 5.41) is 16.1. The highest BCUT2D eigenvalue weighted by Crippen LogP contribution is 2.30. The van der Waals surface area contributed by atoms with Gasteiger partial charge in [0.25, 0.3) is 0 Å². The van der Waals surface area contributed by atoms with E-state index >= 15 is 0 Å². The molecule has 0 saturated heterocycles. The summed E-state index contributed by atoms with van der Waals surface area (Å²) in [5.41, 5.74) is 0.193. The predicted octanol–water partition coefficient (Wildman–Crippen LogP) is 2.50. The number of aliphatic hydroxyl groups excluding tert-OH is 1. The van der Waals surface area contributed by atoms with Crippen molar-refractivity contribution in [2.45, 2.75) is 43.0 Å². The lowest BCUT2D eigenvalue weighted by Crippen LogP contribution is -2.19. The lowest BCUT2D eigenvalue weighted by molar-refractivity contribution is 0.198. The van der Waals surface area contributed by atoms with Gasteiger partial charge in [0, 0.05) is 6.04 Å². The van der Waals surface area contributed by atoms with Crippen molar-refractivity contribution in [3.63, 3.8) is 0 Å². The summed E-state index contributed by atoms with van der Waals surface area (Å²) in [6.07, 6.45) is -0.720. The van der Waals surface area contributed by atoms with Crippen molar-refractivity contribution in [1.82, 2.24) is 14.8 Å². The number of hydrogen-bond donors (Lipinski definition) is 2. The molecule has 0 saturated carbocycles. The van der Waals surface area contributed by atoms with Gasteiger partial charge in [-0.2, -0.15) is 0 Å². The molecule has 20 heavy (non-hydrogen) atoms. The molecule has 2 rings (SSSR count). The first-order valence-electron chi connectivity index (χ1n) is 6.22. The van der Waals surface area contributed by atoms with E-state index in [1.54, 1.807) is 19.1 Å². The van der Waals surface area contributed by atoms with Gasteiger partial charge in [-0.1, -0.05) is 6.07 Å². The number of rotatable bonds is 4. The molecule has 0 aliphatic rings. The molecule has 5 nitrogen and oxygen atoms in total. The lowest BCUT2D eigenvalue weighted by atomic mass is 10.1. The topological polar surface area (TPSA) is 70.9 Å². The van der Waals surface area contributed by atoms with Crippen molar-refractivity contribution >= 4 is 11.8 Å². The van der Waals surface area contributed by atoms with Crippen molar-refractivity contribution in [3.8, 4) is 0 Å². The minimum atomic E-state index is -0.720. The monoisotopic (exact) mass is 297 g/mol. The normalized spacial score (nSPS) is 12.9. The van der Waals surface area contributed by atoms with E-state index in [1.807, 2.05) is 13.8 Å². The van der Waals surface area contributed by atoms with E-state index in [0.717, 1.165) is 11.8 Å². The van der Waals surface area contributed by atoms with Gasteiger partial charge < -0.3 is 5.11 Å². The van der Waals surface area contributed by atoms with Crippen molar-refractivity contribution in [2.24, 2.45) is 0 Å². The van der Waals surface area contributed by atoms with Crippen LogP contribution in [0.4, 0.5) is 4.39 Å². The van der Waals surface area contributed by atoms with Crippen LogP contribution in [0, 0.1) is 5.82 Å². The zero-order valence-corrected chi connectivity index (χ0v) is 12.2. The molecule has 2 aromatic rings. The minimum Gasteiger partial charge on any atom is -0.389 e. The third-order valence-corrected chi connectivity index (χ3v) is 3.85. The molecule has 0 aliphatic carbocycles. The van der Waals surface area contributed by atoms with E-state index in [4.69, 9.17) is 0 Å². The van der Waals surface area contributed by atoms with Crippen LogP contribution in [0.3, 0.4) is 0 Å². The SMILES string of the molecule is CC(O)c1ccc(Sc2n[nH]c(=O)n2C(C)C)c(F)c1. The fourth-order valence-corrected chi connectivity index (χ4v) is 2.75. The molecule has 1 atom stereocenters. The maximum absolute atomic E-state index is 14.0. The highest BCUT2D eigenvalue weighted by Gasteiger charge is 2.15. The Labute approximate surface area is 119 Å². The number of aliphatic hydroxyl groups is 1. The van der Waals surface area contributed by atoms with Crippen LogP contribution in [-0.2, 0) is 0 Å². The summed E-state index contributed by atoms with van der Waals surface area (Å²) in [7, 11) is 0. The molecule has 2 N–H and O–H groups in total. The number of aromatic nitrogens is 3. The minimum absolute atomic E-state index is 0.0662.